The molecule has 2 aromatic heterocycles. The molecule has 2 heterocycles. The van der Waals surface area contributed by atoms with Gasteiger partial charge in [0, 0.05) is 18.9 Å². The summed E-state index contributed by atoms with van der Waals surface area (Å²) in [5.74, 6) is 0.0308. The van der Waals surface area contributed by atoms with E-state index in [1.165, 1.54) is 13.3 Å². The van der Waals surface area contributed by atoms with Gasteiger partial charge in [0.05, 0.1) is 26.0 Å². The molecule has 2 aromatic rings. The third kappa shape index (κ3) is 3.03. The number of nitrogens with zero attached hydrogens (tertiary/aromatic N) is 4. The molecule has 0 spiro atoms. The first-order valence-electron chi connectivity index (χ1n) is 5.41. The number of anilines is 1. The van der Waals surface area contributed by atoms with E-state index in [0.717, 1.165) is 0 Å². The molecule has 7 heteroatoms. The maximum absolute atomic E-state index is 11.3. The van der Waals surface area contributed by atoms with Crippen molar-refractivity contribution in [3.05, 3.63) is 36.5 Å². The van der Waals surface area contributed by atoms with Crippen molar-refractivity contribution < 1.29 is 9.53 Å². The number of hydrogen-bond donors (Lipinski definition) is 1. The molecule has 0 atom stereocenters. The molecule has 0 aliphatic rings. The lowest BCUT2D eigenvalue weighted by atomic mass is 10.4. The lowest BCUT2D eigenvalue weighted by Crippen LogP contribution is -2.13. The molecule has 7 nitrogen and oxygen atoms in total. The van der Waals surface area contributed by atoms with Gasteiger partial charge in [-0.05, 0) is 6.07 Å². The SMILES string of the molecule is COC(=O)c1cncc(NCCn2cccn2)n1. The average molecular weight is 247 g/mol. The van der Waals surface area contributed by atoms with Crippen LogP contribution in [0.2, 0.25) is 0 Å². The molecule has 0 saturated carbocycles. The minimum atomic E-state index is -0.502. The van der Waals surface area contributed by atoms with Crippen molar-refractivity contribution in [2.24, 2.45) is 0 Å². The average Bonchev–Trinajstić information content (AvgIpc) is 2.91. The molecule has 0 radical (unpaired) electrons. The van der Waals surface area contributed by atoms with Gasteiger partial charge in [0.25, 0.3) is 0 Å². The van der Waals surface area contributed by atoms with Crippen molar-refractivity contribution in [2.75, 3.05) is 19.0 Å². The molecule has 1 N–H and O–H groups in total. The van der Waals surface area contributed by atoms with Gasteiger partial charge >= 0.3 is 5.97 Å². The van der Waals surface area contributed by atoms with Gasteiger partial charge in [-0.1, -0.05) is 0 Å². The Kier molecular flexibility index (Phi) is 3.85. The van der Waals surface area contributed by atoms with E-state index in [0.29, 0.717) is 18.9 Å². The lowest BCUT2D eigenvalue weighted by molar-refractivity contribution is 0.0593. The number of carbonyl (C=O) groups is 1. The van der Waals surface area contributed by atoms with Crippen molar-refractivity contribution in [3.8, 4) is 0 Å². The van der Waals surface area contributed by atoms with Crippen LogP contribution in [0.4, 0.5) is 5.82 Å². The molecule has 0 bridgehead atoms. The fourth-order valence-electron chi connectivity index (χ4n) is 1.39. The van der Waals surface area contributed by atoms with Gasteiger partial charge in [-0.2, -0.15) is 5.10 Å². The molecule has 0 unspecified atom stereocenters. The molecule has 0 aliphatic heterocycles. The van der Waals surface area contributed by atoms with E-state index in [4.69, 9.17) is 0 Å². The van der Waals surface area contributed by atoms with Crippen LogP contribution in [0.15, 0.2) is 30.9 Å². The lowest BCUT2D eigenvalue weighted by Gasteiger charge is -2.06. The molecule has 0 saturated heterocycles. The van der Waals surface area contributed by atoms with Crippen molar-refractivity contribution in [1.29, 1.82) is 0 Å². The molecule has 94 valence electrons. The van der Waals surface area contributed by atoms with Crippen LogP contribution in [-0.4, -0.2) is 39.4 Å². The number of carbonyl (C=O) groups excluding carboxylic acids is 1. The summed E-state index contributed by atoms with van der Waals surface area (Å²) in [5.41, 5.74) is 0.182. The molecular weight excluding hydrogens is 234 g/mol. The predicted molar refractivity (Wildman–Crippen MR) is 64.1 cm³/mol. The van der Waals surface area contributed by atoms with Crippen molar-refractivity contribution in [1.82, 2.24) is 19.7 Å². The largest absolute Gasteiger partial charge is 0.464 e. The van der Waals surface area contributed by atoms with Crippen LogP contribution in [-0.2, 0) is 11.3 Å². The second kappa shape index (κ2) is 5.76. The zero-order valence-corrected chi connectivity index (χ0v) is 9.91. The molecule has 0 fully saturated rings. The number of esters is 1. The summed E-state index contributed by atoms with van der Waals surface area (Å²) in [6.45, 7) is 1.35. The van der Waals surface area contributed by atoms with Crippen LogP contribution >= 0.6 is 0 Å². The Labute approximate surface area is 104 Å². The monoisotopic (exact) mass is 247 g/mol. The van der Waals surface area contributed by atoms with E-state index >= 15 is 0 Å². The summed E-state index contributed by atoms with van der Waals surface area (Å²) in [6.07, 6.45) is 6.51. The van der Waals surface area contributed by atoms with Gasteiger partial charge in [0.1, 0.15) is 5.82 Å². The maximum atomic E-state index is 11.3. The second-order valence-corrected chi connectivity index (χ2v) is 3.48. The van der Waals surface area contributed by atoms with Crippen molar-refractivity contribution in [3.63, 3.8) is 0 Å². The Balaban J connectivity index is 1.91. The maximum Gasteiger partial charge on any atom is 0.358 e. The Morgan fingerprint density at radius 1 is 1.50 bits per heavy atom. The first-order valence-corrected chi connectivity index (χ1v) is 5.41. The number of hydrogen-bond acceptors (Lipinski definition) is 6. The Bertz CT molecular complexity index is 512. The molecule has 18 heavy (non-hydrogen) atoms. The van der Waals surface area contributed by atoms with E-state index in [2.05, 4.69) is 25.1 Å². The zero-order chi connectivity index (χ0) is 12.8. The summed E-state index contributed by atoms with van der Waals surface area (Å²) < 4.78 is 6.37. The number of methoxy groups -OCH3 is 1. The van der Waals surface area contributed by atoms with E-state index < -0.39 is 5.97 Å². The smallest absolute Gasteiger partial charge is 0.358 e. The van der Waals surface area contributed by atoms with Gasteiger partial charge in [-0.15, -0.1) is 0 Å². The van der Waals surface area contributed by atoms with Gasteiger partial charge in [-0.25, -0.2) is 9.78 Å². The van der Waals surface area contributed by atoms with E-state index in [1.807, 2.05) is 12.3 Å². The van der Waals surface area contributed by atoms with Crippen LogP contribution in [0.3, 0.4) is 0 Å². The van der Waals surface area contributed by atoms with Crippen LogP contribution in [0.5, 0.6) is 0 Å². The van der Waals surface area contributed by atoms with Gasteiger partial charge in [0.2, 0.25) is 0 Å². The molecule has 0 aromatic carbocycles. The summed E-state index contributed by atoms with van der Waals surface area (Å²) in [4.78, 5) is 19.3. The van der Waals surface area contributed by atoms with Crippen LogP contribution in [0.1, 0.15) is 10.5 Å². The molecule has 2 rings (SSSR count). The highest BCUT2D eigenvalue weighted by Crippen LogP contribution is 2.03. The minimum absolute atomic E-state index is 0.182. The van der Waals surface area contributed by atoms with Gasteiger partial charge in [-0.3, -0.25) is 9.67 Å². The molecular formula is C11H13N5O2. The number of ether oxygens (including phenoxy) is 1. The van der Waals surface area contributed by atoms with E-state index in [1.54, 1.807) is 17.1 Å². The standard InChI is InChI=1S/C11H13N5O2/c1-18-11(17)9-7-12-8-10(15-9)13-4-6-16-5-2-3-14-16/h2-3,5,7-8H,4,6H2,1H3,(H,13,15). The Morgan fingerprint density at radius 2 is 2.39 bits per heavy atom. The second-order valence-electron chi connectivity index (χ2n) is 3.48. The third-order valence-corrected chi connectivity index (χ3v) is 2.24. The van der Waals surface area contributed by atoms with Gasteiger partial charge in [0.15, 0.2) is 5.69 Å². The van der Waals surface area contributed by atoms with Crippen molar-refractivity contribution in [2.45, 2.75) is 6.54 Å². The van der Waals surface area contributed by atoms with Crippen LogP contribution < -0.4 is 5.32 Å². The highest BCUT2D eigenvalue weighted by Gasteiger charge is 2.07. The van der Waals surface area contributed by atoms with Crippen LogP contribution in [0, 0.1) is 0 Å². The molecule has 0 amide bonds. The topological polar surface area (TPSA) is 81.9 Å². The van der Waals surface area contributed by atoms with E-state index in [-0.39, 0.29) is 5.69 Å². The fourth-order valence-corrected chi connectivity index (χ4v) is 1.39. The number of nitrogens with one attached hydrogen (secondary N) is 1. The first kappa shape index (κ1) is 12.0. The zero-order valence-electron chi connectivity index (χ0n) is 9.91. The number of rotatable bonds is 5. The highest BCUT2D eigenvalue weighted by molar-refractivity contribution is 5.87. The summed E-state index contributed by atoms with van der Waals surface area (Å²) >= 11 is 0. The summed E-state index contributed by atoms with van der Waals surface area (Å²) in [7, 11) is 1.31. The molecule has 0 aliphatic carbocycles. The van der Waals surface area contributed by atoms with Crippen LogP contribution in [0.25, 0.3) is 0 Å². The predicted octanol–water partition coefficient (Wildman–Crippen LogP) is 0.572. The first-order chi connectivity index (χ1) is 8.79. The minimum Gasteiger partial charge on any atom is -0.464 e. The van der Waals surface area contributed by atoms with E-state index in [9.17, 15) is 4.79 Å². The summed E-state index contributed by atoms with van der Waals surface area (Å²) in [5, 5.41) is 7.13. The van der Waals surface area contributed by atoms with Crippen molar-refractivity contribution >= 4 is 11.8 Å². The fraction of sp³-hybridized carbons (Fsp3) is 0.273. The Hall–Kier alpha value is -2.44. The Morgan fingerprint density at radius 3 is 3.11 bits per heavy atom. The third-order valence-electron chi connectivity index (χ3n) is 2.24. The van der Waals surface area contributed by atoms with Gasteiger partial charge < -0.3 is 10.1 Å². The number of aromatic nitrogens is 4. The quantitative estimate of drug-likeness (QED) is 0.778. The highest BCUT2D eigenvalue weighted by atomic mass is 16.5. The summed E-state index contributed by atoms with van der Waals surface area (Å²) in [6, 6.07) is 1.86. The normalized spacial score (nSPS) is 10.1.